The van der Waals surface area contributed by atoms with Gasteiger partial charge in [-0.1, -0.05) is 12.1 Å². The molecule has 2 amide bonds. The summed E-state index contributed by atoms with van der Waals surface area (Å²) < 4.78 is 12.9. The average Bonchev–Trinajstić information content (AvgIpc) is 2.74. The van der Waals surface area contributed by atoms with Crippen LogP contribution in [0.25, 0.3) is 0 Å². The van der Waals surface area contributed by atoms with E-state index in [4.69, 9.17) is 0 Å². The summed E-state index contributed by atoms with van der Waals surface area (Å²) in [6.07, 6.45) is 0. The van der Waals surface area contributed by atoms with Crippen molar-refractivity contribution in [1.29, 1.82) is 0 Å². The van der Waals surface area contributed by atoms with E-state index in [-0.39, 0.29) is 17.6 Å². The lowest BCUT2D eigenvalue weighted by molar-refractivity contribution is -0.121. The standard InChI is InChI=1S/C19H19FN2O2/c1-19(2)15-10-13(6-9-16(15)22(3)18(19)24)17(23)21-11-12-4-7-14(20)8-5-12/h4-10H,11H2,1-3H3,(H,21,23). The molecule has 2 aromatic rings. The molecule has 1 heterocycles. The van der Waals surface area contributed by atoms with Crippen LogP contribution in [-0.2, 0) is 16.8 Å². The first kappa shape index (κ1) is 16.2. The van der Waals surface area contributed by atoms with Gasteiger partial charge in [0.15, 0.2) is 0 Å². The Bertz CT molecular complexity index is 813. The van der Waals surface area contributed by atoms with E-state index >= 15 is 0 Å². The Morgan fingerprint density at radius 1 is 1.17 bits per heavy atom. The van der Waals surface area contributed by atoms with Gasteiger partial charge in [-0.05, 0) is 55.3 Å². The zero-order chi connectivity index (χ0) is 17.5. The molecule has 24 heavy (non-hydrogen) atoms. The van der Waals surface area contributed by atoms with Crippen molar-refractivity contribution < 1.29 is 14.0 Å². The summed E-state index contributed by atoms with van der Waals surface area (Å²) in [6.45, 7) is 4.04. The van der Waals surface area contributed by atoms with Crippen LogP contribution in [0.15, 0.2) is 42.5 Å². The van der Waals surface area contributed by atoms with Crippen LogP contribution >= 0.6 is 0 Å². The molecule has 0 saturated heterocycles. The lowest BCUT2D eigenvalue weighted by atomic mass is 9.85. The molecule has 5 heteroatoms. The summed E-state index contributed by atoms with van der Waals surface area (Å²) in [6, 6.07) is 11.3. The van der Waals surface area contributed by atoms with Gasteiger partial charge >= 0.3 is 0 Å². The fraction of sp³-hybridized carbons (Fsp3) is 0.263. The minimum absolute atomic E-state index is 0.0152. The van der Waals surface area contributed by atoms with Crippen LogP contribution < -0.4 is 10.2 Å². The number of nitrogens with zero attached hydrogens (tertiary/aromatic N) is 1. The highest BCUT2D eigenvalue weighted by molar-refractivity contribution is 6.08. The molecule has 4 nitrogen and oxygen atoms in total. The summed E-state index contributed by atoms with van der Waals surface area (Å²) in [5, 5.41) is 2.82. The number of carbonyl (C=O) groups excluding carboxylic acids is 2. The Balaban J connectivity index is 1.79. The lowest BCUT2D eigenvalue weighted by Crippen LogP contribution is -2.33. The fourth-order valence-corrected chi connectivity index (χ4v) is 3.00. The highest BCUT2D eigenvalue weighted by atomic mass is 19.1. The second kappa shape index (κ2) is 5.74. The van der Waals surface area contributed by atoms with Crippen LogP contribution in [-0.4, -0.2) is 18.9 Å². The van der Waals surface area contributed by atoms with E-state index in [0.29, 0.717) is 12.1 Å². The zero-order valence-electron chi connectivity index (χ0n) is 13.9. The zero-order valence-corrected chi connectivity index (χ0v) is 13.9. The number of halogens is 1. The van der Waals surface area contributed by atoms with Crippen LogP contribution in [0.3, 0.4) is 0 Å². The predicted octanol–water partition coefficient (Wildman–Crippen LogP) is 3.01. The van der Waals surface area contributed by atoms with Crippen LogP contribution in [0, 0.1) is 5.82 Å². The van der Waals surface area contributed by atoms with Crippen LogP contribution in [0.5, 0.6) is 0 Å². The second-order valence-corrected chi connectivity index (χ2v) is 6.53. The molecule has 0 aliphatic carbocycles. The smallest absolute Gasteiger partial charge is 0.251 e. The van der Waals surface area contributed by atoms with Crippen molar-refractivity contribution in [2.24, 2.45) is 0 Å². The van der Waals surface area contributed by atoms with Crippen molar-refractivity contribution in [3.05, 3.63) is 65.0 Å². The number of anilines is 1. The van der Waals surface area contributed by atoms with Crippen molar-refractivity contribution >= 4 is 17.5 Å². The number of rotatable bonds is 3. The Morgan fingerprint density at radius 3 is 2.50 bits per heavy atom. The third kappa shape index (κ3) is 2.66. The van der Waals surface area contributed by atoms with Gasteiger partial charge in [0.1, 0.15) is 5.82 Å². The van der Waals surface area contributed by atoms with Crippen LogP contribution in [0.1, 0.15) is 35.3 Å². The van der Waals surface area contributed by atoms with E-state index < -0.39 is 5.41 Å². The average molecular weight is 326 g/mol. The number of amides is 2. The number of hydrogen-bond donors (Lipinski definition) is 1. The summed E-state index contributed by atoms with van der Waals surface area (Å²) >= 11 is 0. The van der Waals surface area contributed by atoms with Gasteiger partial charge in [-0.15, -0.1) is 0 Å². The summed E-state index contributed by atoms with van der Waals surface area (Å²) in [4.78, 5) is 26.3. The maximum absolute atomic E-state index is 12.9. The summed E-state index contributed by atoms with van der Waals surface area (Å²) in [5.74, 6) is -0.513. The molecule has 0 bridgehead atoms. The molecule has 0 fully saturated rings. The molecular formula is C19H19FN2O2. The third-order valence-corrected chi connectivity index (χ3v) is 4.50. The first-order chi connectivity index (χ1) is 11.3. The van der Waals surface area contributed by atoms with E-state index in [9.17, 15) is 14.0 Å². The number of fused-ring (bicyclic) bond motifs is 1. The van der Waals surface area contributed by atoms with Crippen LogP contribution in [0.2, 0.25) is 0 Å². The van der Waals surface area contributed by atoms with Gasteiger partial charge in [0.25, 0.3) is 5.91 Å². The topological polar surface area (TPSA) is 49.4 Å². The van der Waals surface area contributed by atoms with Gasteiger partial charge in [-0.3, -0.25) is 9.59 Å². The lowest BCUT2D eigenvalue weighted by Gasteiger charge is -2.16. The van der Waals surface area contributed by atoms with Crippen molar-refractivity contribution in [3.8, 4) is 0 Å². The first-order valence-corrected chi connectivity index (χ1v) is 7.76. The molecule has 0 radical (unpaired) electrons. The van der Waals surface area contributed by atoms with Gasteiger partial charge in [-0.2, -0.15) is 0 Å². The third-order valence-electron chi connectivity index (χ3n) is 4.50. The molecule has 0 aromatic heterocycles. The number of likely N-dealkylation sites (N-methyl/N-ethyl adjacent to an activating group) is 1. The SMILES string of the molecule is CN1C(=O)C(C)(C)c2cc(C(=O)NCc3ccc(F)cc3)ccc21. The van der Waals surface area contributed by atoms with E-state index in [1.165, 1.54) is 12.1 Å². The largest absolute Gasteiger partial charge is 0.348 e. The van der Waals surface area contributed by atoms with Gasteiger partial charge < -0.3 is 10.2 Å². The summed E-state index contributed by atoms with van der Waals surface area (Å²) in [7, 11) is 1.74. The molecule has 0 atom stereocenters. The van der Waals surface area contributed by atoms with E-state index in [0.717, 1.165) is 16.8 Å². The van der Waals surface area contributed by atoms with E-state index in [2.05, 4.69) is 5.32 Å². The highest BCUT2D eigenvalue weighted by Crippen LogP contribution is 2.40. The predicted molar refractivity (Wildman–Crippen MR) is 90.4 cm³/mol. The maximum Gasteiger partial charge on any atom is 0.251 e. The van der Waals surface area contributed by atoms with Gasteiger partial charge in [0.05, 0.1) is 5.41 Å². The molecule has 3 rings (SSSR count). The second-order valence-electron chi connectivity index (χ2n) is 6.53. The molecule has 1 aliphatic heterocycles. The molecule has 0 unspecified atom stereocenters. The van der Waals surface area contributed by atoms with Crippen molar-refractivity contribution in [2.75, 3.05) is 11.9 Å². The van der Waals surface area contributed by atoms with Gasteiger partial charge in [0.2, 0.25) is 5.91 Å². The molecule has 0 spiro atoms. The number of nitrogens with one attached hydrogen (secondary N) is 1. The molecule has 2 aromatic carbocycles. The van der Waals surface area contributed by atoms with Crippen molar-refractivity contribution in [2.45, 2.75) is 25.8 Å². The number of benzene rings is 2. The summed E-state index contributed by atoms with van der Waals surface area (Å²) in [5.41, 5.74) is 2.37. The van der Waals surface area contributed by atoms with Gasteiger partial charge in [-0.25, -0.2) is 4.39 Å². The fourth-order valence-electron chi connectivity index (χ4n) is 3.00. The van der Waals surface area contributed by atoms with Crippen molar-refractivity contribution in [1.82, 2.24) is 5.32 Å². The molecule has 1 N–H and O–H groups in total. The molecule has 124 valence electrons. The monoisotopic (exact) mass is 326 g/mol. The Hall–Kier alpha value is -2.69. The minimum atomic E-state index is -0.642. The van der Waals surface area contributed by atoms with Crippen molar-refractivity contribution in [3.63, 3.8) is 0 Å². The minimum Gasteiger partial charge on any atom is -0.348 e. The quantitative estimate of drug-likeness (QED) is 0.942. The normalized spacial score (nSPS) is 15.3. The van der Waals surface area contributed by atoms with E-state index in [1.807, 2.05) is 13.8 Å². The maximum atomic E-state index is 12.9. The molecular weight excluding hydrogens is 307 g/mol. The highest BCUT2D eigenvalue weighted by Gasteiger charge is 2.42. The van der Waals surface area contributed by atoms with E-state index in [1.54, 1.807) is 42.3 Å². The Kier molecular flexibility index (Phi) is 3.87. The molecule has 1 aliphatic rings. The molecule has 0 saturated carbocycles. The number of hydrogen-bond acceptors (Lipinski definition) is 2. The number of carbonyl (C=O) groups is 2. The Labute approximate surface area is 140 Å². The Morgan fingerprint density at radius 2 is 1.83 bits per heavy atom. The van der Waals surface area contributed by atoms with Crippen LogP contribution in [0.4, 0.5) is 10.1 Å². The first-order valence-electron chi connectivity index (χ1n) is 7.76. The van der Waals surface area contributed by atoms with Gasteiger partial charge in [0, 0.05) is 24.8 Å².